The number of nitrogens with one attached hydrogen (secondary N) is 1. The average molecular weight is 401 g/mol. The van der Waals surface area contributed by atoms with Crippen molar-refractivity contribution in [3.05, 3.63) is 28.8 Å². The van der Waals surface area contributed by atoms with Crippen molar-refractivity contribution in [2.75, 3.05) is 11.9 Å². The molecule has 0 aliphatic carbocycles. The number of anilines is 1. The van der Waals surface area contributed by atoms with Crippen molar-refractivity contribution in [2.24, 2.45) is 0 Å². The third kappa shape index (κ3) is 7.06. The molecule has 2 rings (SSSR count). The number of amides is 1. The molecule has 2 heterocycles. The van der Waals surface area contributed by atoms with E-state index < -0.39 is 18.6 Å². The molecule has 0 aromatic carbocycles. The van der Waals surface area contributed by atoms with Gasteiger partial charge in [-0.05, 0) is 27.7 Å². The van der Waals surface area contributed by atoms with Crippen molar-refractivity contribution in [1.29, 1.82) is 0 Å². The minimum absolute atomic E-state index is 0.0685. The van der Waals surface area contributed by atoms with Gasteiger partial charge >= 0.3 is 6.61 Å². The Morgan fingerprint density at radius 2 is 1.85 bits per heavy atom. The Balaban J connectivity index is 2.18. The Bertz CT molecular complexity index is 770. The van der Waals surface area contributed by atoms with Gasteiger partial charge in [-0.25, -0.2) is 4.98 Å². The van der Waals surface area contributed by atoms with Crippen molar-refractivity contribution in [2.45, 2.75) is 46.5 Å². The van der Waals surface area contributed by atoms with Crippen LogP contribution in [-0.4, -0.2) is 41.3 Å². The number of ether oxygens (including phenoxy) is 3. The molecule has 1 amide bonds. The molecular weight excluding hydrogens is 380 g/mol. The zero-order valence-electron chi connectivity index (χ0n) is 15.4. The highest BCUT2D eigenvalue weighted by molar-refractivity contribution is 7.13. The van der Waals surface area contributed by atoms with Gasteiger partial charge < -0.3 is 14.2 Å². The number of hydrogen-bond donors (Lipinski definition) is 1. The first-order chi connectivity index (χ1) is 12.7. The van der Waals surface area contributed by atoms with Gasteiger partial charge in [-0.2, -0.15) is 13.8 Å². The van der Waals surface area contributed by atoms with Crippen LogP contribution in [0.25, 0.3) is 0 Å². The second kappa shape index (κ2) is 9.56. The summed E-state index contributed by atoms with van der Waals surface area (Å²) in [6, 6.07) is 2.88. The summed E-state index contributed by atoms with van der Waals surface area (Å²) < 4.78 is 39.6. The number of aromatic nitrogens is 2. The number of carbonyl (C=O) groups is 1. The van der Waals surface area contributed by atoms with E-state index in [4.69, 9.17) is 9.47 Å². The molecule has 2 aromatic heterocycles. The molecule has 0 aliphatic heterocycles. The van der Waals surface area contributed by atoms with E-state index in [-0.39, 0.29) is 30.0 Å². The molecule has 0 radical (unpaired) electrons. The predicted molar refractivity (Wildman–Crippen MR) is 96.9 cm³/mol. The Morgan fingerprint density at radius 3 is 2.41 bits per heavy atom. The number of alkyl halides is 2. The van der Waals surface area contributed by atoms with Crippen molar-refractivity contribution >= 4 is 22.4 Å². The van der Waals surface area contributed by atoms with Gasteiger partial charge in [-0.15, -0.1) is 11.3 Å². The minimum Gasteiger partial charge on any atom is -0.475 e. The molecule has 10 heteroatoms. The van der Waals surface area contributed by atoms with Crippen LogP contribution in [0.3, 0.4) is 0 Å². The quantitative estimate of drug-likeness (QED) is 0.686. The third-order valence-electron chi connectivity index (χ3n) is 3.02. The molecular formula is C17H21F2N3O4S. The summed E-state index contributed by atoms with van der Waals surface area (Å²) in [5.74, 6) is -0.161. The lowest BCUT2D eigenvalue weighted by Crippen LogP contribution is -2.22. The Labute approximate surface area is 159 Å². The van der Waals surface area contributed by atoms with Crippen LogP contribution in [0, 0.1) is 6.92 Å². The molecule has 1 unspecified atom stereocenters. The first-order valence-electron chi connectivity index (χ1n) is 8.21. The summed E-state index contributed by atoms with van der Waals surface area (Å²) in [6.07, 6.45) is -0.872. The molecule has 1 N–H and O–H groups in total. The number of thiazole rings is 1. The lowest BCUT2D eigenvalue weighted by molar-refractivity contribution is -0.143. The van der Waals surface area contributed by atoms with Gasteiger partial charge in [-0.1, -0.05) is 0 Å². The maximum absolute atomic E-state index is 12.5. The number of pyridine rings is 1. The summed E-state index contributed by atoms with van der Waals surface area (Å²) in [7, 11) is 0. The number of halogens is 2. The lowest BCUT2D eigenvalue weighted by Gasteiger charge is -2.16. The smallest absolute Gasteiger partial charge is 0.345 e. The second-order valence-corrected chi connectivity index (χ2v) is 6.83. The Morgan fingerprint density at radius 1 is 1.19 bits per heavy atom. The zero-order valence-corrected chi connectivity index (χ0v) is 16.2. The number of nitrogens with zero attached hydrogens (tertiary/aromatic N) is 2. The van der Waals surface area contributed by atoms with E-state index in [0.717, 1.165) is 5.69 Å². The summed E-state index contributed by atoms with van der Waals surface area (Å²) >= 11 is 1.30. The highest BCUT2D eigenvalue weighted by Crippen LogP contribution is 2.22. The number of carbonyl (C=O) groups excluding carboxylic acids is 1. The third-order valence-corrected chi connectivity index (χ3v) is 3.89. The minimum atomic E-state index is -2.89. The maximum Gasteiger partial charge on any atom is 0.345 e. The topological polar surface area (TPSA) is 82.6 Å². The van der Waals surface area contributed by atoms with Crippen LogP contribution < -0.4 is 14.8 Å². The fourth-order valence-electron chi connectivity index (χ4n) is 2.00. The van der Waals surface area contributed by atoms with E-state index in [2.05, 4.69) is 20.0 Å². The van der Waals surface area contributed by atoms with Crippen molar-refractivity contribution in [1.82, 2.24) is 9.97 Å². The monoisotopic (exact) mass is 401 g/mol. The summed E-state index contributed by atoms with van der Waals surface area (Å²) in [5, 5.41) is 4.96. The van der Waals surface area contributed by atoms with E-state index in [1.54, 1.807) is 6.92 Å². The zero-order chi connectivity index (χ0) is 20.0. The molecule has 1 atom stereocenters. The standard InChI is InChI=1S/C17H21F2N3O4S/c1-9(2)25-13-5-12(15(23)22-17-20-10(3)8-27-17)6-14(21-13)26-11(4)7-24-16(18)19/h5-6,8-9,11,16H,7H2,1-4H3,(H,20,22,23). The number of rotatable bonds is 9. The van der Waals surface area contributed by atoms with Crippen LogP contribution in [0.2, 0.25) is 0 Å². The molecule has 0 saturated carbocycles. The average Bonchev–Trinajstić information content (AvgIpc) is 2.97. The molecule has 0 bridgehead atoms. The number of hydrogen-bond acceptors (Lipinski definition) is 7. The van der Waals surface area contributed by atoms with E-state index in [1.165, 1.54) is 23.5 Å². The van der Waals surface area contributed by atoms with E-state index in [0.29, 0.717) is 5.13 Å². The first-order valence-corrected chi connectivity index (χ1v) is 9.09. The SMILES string of the molecule is Cc1csc(NC(=O)c2cc(OC(C)C)nc(OC(C)COC(F)F)c2)n1. The summed E-state index contributed by atoms with van der Waals surface area (Å²) in [6.45, 7) is 3.79. The Kier molecular flexibility index (Phi) is 7.43. The molecule has 27 heavy (non-hydrogen) atoms. The highest BCUT2D eigenvalue weighted by atomic mass is 32.1. The van der Waals surface area contributed by atoms with Gasteiger partial charge in [0.1, 0.15) is 6.10 Å². The van der Waals surface area contributed by atoms with Crippen LogP contribution in [0.4, 0.5) is 13.9 Å². The summed E-state index contributed by atoms with van der Waals surface area (Å²) in [4.78, 5) is 20.8. The van der Waals surface area contributed by atoms with Crippen molar-refractivity contribution < 1.29 is 27.8 Å². The molecule has 148 valence electrons. The second-order valence-electron chi connectivity index (χ2n) is 5.97. The number of aryl methyl sites for hydroxylation is 1. The molecule has 0 aliphatic rings. The van der Waals surface area contributed by atoms with Crippen molar-refractivity contribution in [3.8, 4) is 11.8 Å². The predicted octanol–water partition coefficient (Wildman–Crippen LogP) is 3.89. The van der Waals surface area contributed by atoms with Gasteiger partial charge in [0, 0.05) is 17.5 Å². The van der Waals surface area contributed by atoms with Crippen LogP contribution in [0.1, 0.15) is 36.8 Å². The molecule has 2 aromatic rings. The lowest BCUT2D eigenvalue weighted by atomic mass is 10.2. The first kappa shape index (κ1) is 21.0. The normalized spacial score (nSPS) is 12.3. The summed E-state index contributed by atoms with van der Waals surface area (Å²) in [5.41, 5.74) is 1.04. The van der Waals surface area contributed by atoms with Crippen LogP contribution >= 0.6 is 11.3 Å². The van der Waals surface area contributed by atoms with Crippen LogP contribution in [0.5, 0.6) is 11.8 Å². The van der Waals surface area contributed by atoms with E-state index >= 15 is 0 Å². The molecule has 0 spiro atoms. The van der Waals surface area contributed by atoms with Gasteiger partial charge in [-0.3, -0.25) is 10.1 Å². The van der Waals surface area contributed by atoms with Gasteiger partial charge in [0.25, 0.3) is 5.91 Å². The fourth-order valence-corrected chi connectivity index (χ4v) is 2.69. The van der Waals surface area contributed by atoms with Gasteiger partial charge in [0.15, 0.2) is 5.13 Å². The molecule has 0 saturated heterocycles. The van der Waals surface area contributed by atoms with Crippen LogP contribution in [-0.2, 0) is 4.74 Å². The molecule has 7 nitrogen and oxygen atoms in total. The van der Waals surface area contributed by atoms with Gasteiger partial charge in [0.2, 0.25) is 11.8 Å². The molecule has 0 fully saturated rings. The maximum atomic E-state index is 12.5. The highest BCUT2D eigenvalue weighted by Gasteiger charge is 2.16. The van der Waals surface area contributed by atoms with E-state index in [9.17, 15) is 13.6 Å². The van der Waals surface area contributed by atoms with Gasteiger partial charge in [0.05, 0.1) is 24.0 Å². The fraction of sp³-hybridized carbons (Fsp3) is 0.471. The van der Waals surface area contributed by atoms with E-state index in [1.807, 2.05) is 26.2 Å². The largest absolute Gasteiger partial charge is 0.475 e. The van der Waals surface area contributed by atoms with Crippen LogP contribution in [0.15, 0.2) is 17.5 Å². The Hall–Kier alpha value is -2.33. The van der Waals surface area contributed by atoms with Crippen molar-refractivity contribution in [3.63, 3.8) is 0 Å².